The van der Waals surface area contributed by atoms with E-state index < -0.39 is 0 Å². The zero-order valence-corrected chi connectivity index (χ0v) is 15.2. The predicted octanol–water partition coefficient (Wildman–Crippen LogP) is 3.13. The van der Waals surface area contributed by atoms with Gasteiger partial charge in [0.05, 0.1) is 34.5 Å². The Morgan fingerprint density at radius 3 is 2.80 bits per heavy atom. The molecule has 0 unspecified atom stereocenters. The lowest BCUT2D eigenvalue weighted by Gasteiger charge is -2.07. The van der Waals surface area contributed by atoms with E-state index in [4.69, 9.17) is 23.2 Å². The van der Waals surface area contributed by atoms with Crippen molar-refractivity contribution in [3.05, 3.63) is 72.0 Å². The Bertz CT molecular complexity index is 1260. The molecule has 0 saturated heterocycles. The molecule has 0 N–H and O–H groups in total. The summed E-state index contributed by atoms with van der Waals surface area (Å²) in [6, 6.07) is 4.49. The molecular weight excluding hydrogens is 383 g/mol. The van der Waals surface area contributed by atoms with E-state index in [2.05, 4.69) is 9.97 Å². The number of aryl methyl sites for hydroxylation is 1. The molecule has 6 nitrogen and oxygen atoms in total. The Morgan fingerprint density at radius 2 is 2.00 bits per heavy atom. The highest BCUT2D eigenvalue weighted by atomic mass is 35.5. The molecule has 0 saturated carbocycles. The van der Waals surface area contributed by atoms with Crippen molar-refractivity contribution >= 4 is 50.4 Å². The van der Waals surface area contributed by atoms with Crippen LogP contribution in [0, 0.1) is 6.92 Å². The van der Waals surface area contributed by atoms with Crippen LogP contribution in [0.1, 0.15) is 11.4 Å². The monoisotopic (exact) mass is 392 g/mol. The van der Waals surface area contributed by atoms with E-state index in [-0.39, 0.29) is 17.7 Å². The molecule has 3 heterocycles. The Kier molecular flexibility index (Phi) is 3.87. The number of hydrogen-bond acceptors (Lipinski definition) is 5. The maximum atomic E-state index is 12.7. The van der Waals surface area contributed by atoms with Gasteiger partial charge in [0, 0.05) is 22.2 Å². The van der Waals surface area contributed by atoms with Crippen LogP contribution in [0.15, 0.2) is 39.5 Å². The lowest BCUT2D eigenvalue weighted by molar-refractivity contribution is 0.727. The van der Waals surface area contributed by atoms with E-state index in [1.165, 1.54) is 44.8 Å². The number of nitrogens with zero attached hydrogens (tertiary/aromatic N) is 4. The predicted molar refractivity (Wildman–Crippen MR) is 99.2 cm³/mol. The summed E-state index contributed by atoms with van der Waals surface area (Å²) in [7, 11) is 0. The second-order valence-electron chi connectivity index (χ2n) is 5.54. The Morgan fingerprint density at radius 1 is 1.20 bits per heavy atom. The van der Waals surface area contributed by atoms with Crippen LogP contribution in [-0.2, 0) is 6.54 Å². The van der Waals surface area contributed by atoms with E-state index >= 15 is 0 Å². The van der Waals surface area contributed by atoms with Gasteiger partial charge >= 0.3 is 0 Å². The van der Waals surface area contributed by atoms with Crippen LogP contribution in [0.5, 0.6) is 0 Å². The van der Waals surface area contributed by atoms with Gasteiger partial charge in [-0.15, -0.1) is 11.3 Å². The summed E-state index contributed by atoms with van der Waals surface area (Å²) in [5, 5.41) is 2.87. The van der Waals surface area contributed by atoms with Gasteiger partial charge in [-0.05, 0) is 19.1 Å². The minimum absolute atomic E-state index is 0.134. The van der Waals surface area contributed by atoms with Crippen molar-refractivity contribution in [2.24, 2.45) is 0 Å². The summed E-state index contributed by atoms with van der Waals surface area (Å²) in [5.41, 5.74) is 1.25. The van der Waals surface area contributed by atoms with Gasteiger partial charge in [0.15, 0.2) is 4.96 Å². The number of aromatic nitrogens is 4. The molecule has 4 aromatic rings. The fourth-order valence-electron chi connectivity index (χ4n) is 2.66. The maximum absolute atomic E-state index is 12.7. The summed E-state index contributed by atoms with van der Waals surface area (Å²) in [6.45, 7) is 1.98. The van der Waals surface area contributed by atoms with Crippen molar-refractivity contribution in [2.75, 3.05) is 0 Å². The molecule has 4 rings (SSSR count). The first kappa shape index (κ1) is 16.3. The first-order valence-electron chi connectivity index (χ1n) is 7.25. The fraction of sp³-hybridized carbons (Fsp3) is 0.125. The van der Waals surface area contributed by atoms with Gasteiger partial charge in [-0.2, -0.15) is 0 Å². The lowest BCUT2D eigenvalue weighted by atomic mass is 10.2. The topological polar surface area (TPSA) is 69.3 Å². The summed E-state index contributed by atoms with van der Waals surface area (Å²) >= 11 is 13.4. The summed E-state index contributed by atoms with van der Waals surface area (Å²) in [5.74, 6) is 0. The SMILES string of the molecule is Cc1csc2nc(Cn3cnc4c(Cl)cc(Cl)cc4c3=O)cc(=O)n12. The first-order valence-corrected chi connectivity index (χ1v) is 8.88. The summed E-state index contributed by atoms with van der Waals surface area (Å²) in [6.07, 6.45) is 1.40. The Labute approximate surface area is 154 Å². The molecule has 3 aromatic heterocycles. The quantitative estimate of drug-likeness (QED) is 0.525. The summed E-state index contributed by atoms with van der Waals surface area (Å²) in [4.78, 5) is 34.2. The molecule has 0 fully saturated rings. The van der Waals surface area contributed by atoms with Gasteiger partial charge in [0.25, 0.3) is 11.1 Å². The normalized spacial score (nSPS) is 11.5. The minimum Gasteiger partial charge on any atom is -0.293 e. The molecule has 0 aliphatic carbocycles. The highest BCUT2D eigenvalue weighted by Gasteiger charge is 2.11. The zero-order chi connectivity index (χ0) is 17.7. The van der Waals surface area contributed by atoms with Gasteiger partial charge < -0.3 is 0 Å². The van der Waals surface area contributed by atoms with Crippen LogP contribution in [-0.4, -0.2) is 18.9 Å². The molecule has 126 valence electrons. The first-order chi connectivity index (χ1) is 11.9. The number of thiazole rings is 1. The standard InChI is InChI=1S/C16H10Cl2N4O2S/c1-8-6-25-16-20-10(4-13(23)22(8)16)5-21-7-19-14-11(15(21)24)2-9(17)3-12(14)18/h2-4,6-7H,5H2,1H3. The van der Waals surface area contributed by atoms with Crippen LogP contribution in [0.4, 0.5) is 0 Å². The van der Waals surface area contributed by atoms with Crippen LogP contribution < -0.4 is 11.1 Å². The van der Waals surface area contributed by atoms with Crippen molar-refractivity contribution in [2.45, 2.75) is 13.5 Å². The molecule has 0 aliphatic rings. The smallest absolute Gasteiger partial charge is 0.261 e. The molecule has 0 aliphatic heterocycles. The zero-order valence-electron chi connectivity index (χ0n) is 12.9. The van der Waals surface area contributed by atoms with Crippen molar-refractivity contribution in [3.8, 4) is 0 Å². The third-order valence-corrected chi connectivity index (χ3v) is 5.26. The number of benzene rings is 1. The number of fused-ring (bicyclic) bond motifs is 2. The van der Waals surface area contributed by atoms with Gasteiger partial charge in [-0.3, -0.25) is 18.6 Å². The largest absolute Gasteiger partial charge is 0.293 e. The van der Waals surface area contributed by atoms with Crippen molar-refractivity contribution < 1.29 is 0 Å². The molecule has 0 radical (unpaired) electrons. The van der Waals surface area contributed by atoms with Gasteiger partial charge in [0.1, 0.15) is 0 Å². The molecular formula is C16H10Cl2N4O2S. The molecule has 9 heteroatoms. The lowest BCUT2D eigenvalue weighted by Crippen LogP contribution is -2.23. The van der Waals surface area contributed by atoms with Crippen LogP contribution in [0.3, 0.4) is 0 Å². The van der Waals surface area contributed by atoms with E-state index in [0.717, 1.165) is 5.69 Å². The Balaban J connectivity index is 1.85. The molecule has 25 heavy (non-hydrogen) atoms. The van der Waals surface area contributed by atoms with Crippen LogP contribution in [0.2, 0.25) is 10.0 Å². The number of halogens is 2. The third kappa shape index (κ3) is 2.74. The van der Waals surface area contributed by atoms with Crippen molar-refractivity contribution in [3.63, 3.8) is 0 Å². The summed E-state index contributed by atoms with van der Waals surface area (Å²) < 4.78 is 2.92. The van der Waals surface area contributed by atoms with Gasteiger partial charge in [-0.25, -0.2) is 9.97 Å². The highest BCUT2D eigenvalue weighted by Crippen LogP contribution is 2.24. The maximum Gasteiger partial charge on any atom is 0.261 e. The van der Waals surface area contributed by atoms with E-state index in [1.807, 2.05) is 12.3 Å². The number of hydrogen-bond donors (Lipinski definition) is 0. The van der Waals surface area contributed by atoms with Crippen molar-refractivity contribution in [1.82, 2.24) is 18.9 Å². The Hall–Kier alpha value is -2.22. The molecule has 1 aromatic carbocycles. The van der Waals surface area contributed by atoms with Gasteiger partial charge in [-0.1, -0.05) is 23.2 Å². The van der Waals surface area contributed by atoms with Gasteiger partial charge in [0.2, 0.25) is 0 Å². The van der Waals surface area contributed by atoms with Crippen LogP contribution >= 0.6 is 34.5 Å². The van der Waals surface area contributed by atoms with Crippen molar-refractivity contribution in [1.29, 1.82) is 0 Å². The minimum atomic E-state index is -0.293. The average Bonchev–Trinajstić information content (AvgIpc) is 2.92. The highest BCUT2D eigenvalue weighted by molar-refractivity contribution is 7.15. The molecule has 0 amide bonds. The third-order valence-electron chi connectivity index (χ3n) is 3.81. The van der Waals surface area contributed by atoms with E-state index in [9.17, 15) is 9.59 Å². The average molecular weight is 393 g/mol. The second kappa shape index (κ2) is 5.94. The van der Waals surface area contributed by atoms with E-state index in [1.54, 1.807) is 0 Å². The molecule has 0 spiro atoms. The fourth-order valence-corrected chi connectivity index (χ4v) is 4.10. The second-order valence-corrected chi connectivity index (χ2v) is 7.22. The molecule has 0 atom stereocenters. The molecule has 0 bridgehead atoms. The van der Waals surface area contributed by atoms with E-state index in [0.29, 0.717) is 31.6 Å². The number of rotatable bonds is 2. The van der Waals surface area contributed by atoms with Crippen LogP contribution in [0.25, 0.3) is 15.9 Å².